The Morgan fingerprint density at radius 3 is 2.67 bits per heavy atom. The second kappa shape index (κ2) is 9.26. The molecule has 0 spiro atoms. The molecule has 1 aliphatic heterocycles. The molecule has 0 aliphatic carbocycles. The SMILES string of the molecule is COc1ccc(CCNC(=O)CCN2C(=S)NC(C)(C)C[C@H]2C)cc1OC. The monoisotopic (exact) mass is 393 g/mol. The second-order valence-corrected chi connectivity index (χ2v) is 7.99. The molecule has 1 saturated heterocycles. The summed E-state index contributed by atoms with van der Waals surface area (Å²) in [7, 11) is 3.23. The van der Waals surface area contributed by atoms with E-state index in [1.807, 2.05) is 18.2 Å². The van der Waals surface area contributed by atoms with Crippen molar-refractivity contribution in [3.05, 3.63) is 23.8 Å². The highest BCUT2D eigenvalue weighted by Crippen LogP contribution is 2.27. The van der Waals surface area contributed by atoms with Gasteiger partial charge in [-0.05, 0) is 63.5 Å². The first-order valence-corrected chi connectivity index (χ1v) is 9.73. The highest BCUT2D eigenvalue weighted by Gasteiger charge is 2.32. The number of hydrogen-bond donors (Lipinski definition) is 2. The summed E-state index contributed by atoms with van der Waals surface area (Å²) in [6.07, 6.45) is 2.16. The van der Waals surface area contributed by atoms with E-state index in [2.05, 4.69) is 36.3 Å². The van der Waals surface area contributed by atoms with Gasteiger partial charge in [0.15, 0.2) is 16.6 Å². The molecule has 6 nitrogen and oxygen atoms in total. The Kier molecular flexibility index (Phi) is 7.30. The van der Waals surface area contributed by atoms with E-state index in [9.17, 15) is 4.79 Å². The zero-order valence-corrected chi connectivity index (χ0v) is 17.7. The summed E-state index contributed by atoms with van der Waals surface area (Å²) in [6.45, 7) is 7.66. The highest BCUT2D eigenvalue weighted by molar-refractivity contribution is 7.80. The maximum Gasteiger partial charge on any atom is 0.221 e. The molecule has 1 atom stereocenters. The third-order valence-electron chi connectivity index (χ3n) is 4.81. The topological polar surface area (TPSA) is 62.8 Å². The Hall–Kier alpha value is -2.02. The highest BCUT2D eigenvalue weighted by atomic mass is 32.1. The van der Waals surface area contributed by atoms with E-state index >= 15 is 0 Å². The lowest BCUT2D eigenvalue weighted by Gasteiger charge is -2.44. The number of hydrogen-bond acceptors (Lipinski definition) is 4. The summed E-state index contributed by atoms with van der Waals surface area (Å²) in [5, 5.41) is 7.06. The maximum absolute atomic E-state index is 12.2. The lowest BCUT2D eigenvalue weighted by molar-refractivity contribution is -0.121. The molecule has 1 heterocycles. The van der Waals surface area contributed by atoms with Gasteiger partial charge in [-0.2, -0.15) is 0 Å². The molecule has 7 heteroatoms. The number of nitrogens with one attached hydrogen (secondary N) is 2. The van der Waals surface area contributed by atoms with E-state index in [0.29, 0.717) is 37.1 Å². The van der Waals surface area contributed by atoms with Gasteiger partial charge in [0.1, 0.15) is 0 Å². The van der Waals surface area contributed by atoms with Crippen LogP contribution in [0, 0.1) is 0 Å². The van der Waals surface area contributed by atoms with E-state index in [0.717, 1.165) is 23.5 Å². The molecular weight excluding hydrogens is 362 g/mol. The fourth-order valence-electron chi connectivity index (χ4n) is 3.48. The molecule has 1 aromatic carbocycles. The van der Waals surface area contributed by atoms with Gasteiger partial charge in [-0.1, -0.05) is 6.07 Å². The van der Waals surface area contributed by atoms with Crippen molar-refractivity contribution in [1.29, 1.82) is 0 Å². The largest absolute Gasteiger partial charge is 0.493 e. The minimum absolute atomic E-state index is 0.00861. The summed E-state index contributed by atoms with van der Waals surface area (Å²) in [5.74, 6) is 1.44. The van der Waals surface area contributed by atoms with Gasteiger partial charge in [0.2, 0.25) is 5.91 Å². The van der Waals surface area contributed by atoms with Gasteiger partial charge in [-0.15, -0.1) is 0 Å². The molecule has 1 aliphatic rings. The first-order chi connectivity index (χ1) is 12.8. The summed E-state index contributed by atoms with van der Waals surface area (Å²) >= 11 is 5.46. The number of benzene rings is 1. The van der Waals surface area contributed by atoms with Crippen molar-refractivity contribution in [2.45, 2.75) is 51.6 Å². The number of ether oxygens (including phenoxy) is 2. The van der Waals surface area contributed by atoms with Gasteiger partial charge in [-0.3, -0.25) is 4.79 Å². The van der Waals surface area contributed by atoms with Gasteiger partial charge in [0.25, 0.3) is 0 Å². The molecule has 0 aromatic heterocycles. The normalized spacial score (nSPS) is 18.6. The van der Waals surface area contributed by atoms with E-state index < -0.39 is 0 Å². The van der Waals surface area contributed by atoms with Crippen molar-refractivity contribution in [2.75, 3.05) is 27.3 Å². The van der Waals surface area contributed by atoms with Crippen LogP contribution in [0.2, 0.25) is 0 Å². The van der Waals surface area contributed by atoms with E-state index in [1.54, 1.807) is 14.2 Å². The fraction of sp³-hybridized carbons (Fsp3) is 0.600. The molecule has 150 valence electrons. The Labute approximate surface area is 167 Å². The number of carbonyl (C=O) groups excluding carboxylic acids is 1. The predicted molar refractivity (Wildman–Crippen MR) is 111 cm³/mol. The third-order valence-corrected chi connectivity index (χ3v) is 5.14. The van der Waals surface area contributed by atoms with Gasteiger partial charge in [-0.25, -0.2) is 0 Å². The fourth-order valence-corrected chi connectivity index (χ4v) is 4.02. The van der Waals surface area contributed by atoms with Crippen molar-refractivity contribution in [3.8, 4) is 11.5 Å². The number of nitrogens with zero attached hydrogens (tertiary/aromatic N) is 1. The van der Waals surface area contributed by atoms with Crippen molar-refractivity contribution in [1.82, 2.24) is 15.5 Å². The molecule has 2 N–H and O–H groups in total. The minimum atomic E-state index is 0.00861. The van der Waals surface area contributed by atoms with Crippen molar-refractivity contribution in [2.24, 2.45) is 0 Å². The zero-order chi connectivity index (χ0) is 20.0. The van der Waals surface area contributed by atoms with E-state index in [4.69, 9.17) is 21.7 Å². The molecule has 1 amide bonds. The van der Waals surface area contributed by atoms with Crippen LogP contribution >= 0.6 is 12.2 Å². The molecule has 1 aromatic rings. The molecule has 0 saturated carbocycles. The Balaban J connectivity index is 1.76. The Morgan fingerprint density at radius 2 is 2.04 bits per heavy atom. The number of rotatable bonds is 8. The van der Waals surface area contributed by atoms with Crippen LogP contribution in [0.15, 0.2) is 18.2 Å². The van der Waals surface area contributed by atoms with Gasteiger partial charge >= 0.3 is 0 Å². The molecule has 0 bridgehead atoms. The van der Waals surface area contributed by atoms with Gasteiger partial charge < -0.3 is 25.0 Å². The molecule has 1 fully saturated rings. The first kappa shape index (κ1) is 21.3. The first-order valence-electron chi connectivity index (χ1n) is 9.32. The van der Waals surface area contributed by atoms with Crippen molar-refractivity contribution in [3.63, 3.8) is 0 Å². The summed E-state index contributed by atoms with van der Waals surface area (Å²) < 4.78 is 10.5. The molecule has 0 radical (unpaired) electrons. The zero-order valence-electron chi connectivity index (χ0n) is 16.9. The van der Waals surface area contributed by atoms with Crippen LogP contribution in [0.3, 0.4) is 0 Å². The van der Waals surface area contributed by atoms with Crippen molar-refractivity contribution >= 4 is 23.2 Å². The third kappa shape index (κ3) is 5.99. The summed E-state index contributed by atoms with van der Waals surface area (Å²) in [5.41, 5.74) is 1.10. The van der Waals surface area contributed by atoms with E-state index in [-0.39, 0.29) is 11.4 Å². The average Bonchev–Trinajstić information content (AvgIpc) is 2.59. The van der Waals surface area contributed by atoms with Crippen LogP contribution in [0.25, 0.3) is 0 Å². The van der Waals surface area contributed by atoms with Crippen LogP contribution < -0.4 is 20.1 Å². The quantitative estimate of drug-likeness (QED) is 0.662. The average molecular weight is 394 g/mol. The number of thiocarbonyl (C=S) groups is 1. The van der Waals surface area contributed by atoms with Gasteiger partial charge in [0, 0.05) is 31.1 Å². The number of amides is 1. The lowest BCUT2D eigenvalue weighted by atomic mass is 9.93. The lowest BCUT2D eigenvalue weighted by Crippen LogP contribution is -2.60. The number of methoxy groups -OCH3 is 2. The number of carbonyl (C=O) groups is 1. The van der Waals surface area contributed by atoms with Crippen LogP contribution in [0.5, 0.6) is 11.5 Å². The Bertz CT molecular complexity index is 678. The predicted octanol–water partition coefficient (Wildman–Crippen LogP) is 2.50. The summed E-state index contributed by atoms with van der Waals surface area (Å²) in [4.78, 5) is 14.3. The van der Waals surface area contributed by atoms with Crippen LogP contribution in [0.4, 0.5) is 0 Å². The summed E-state index contributed by atoms with van der Waals surface area (Å²) in [6, 6.07) is 6.12. The second-order valence-electron chi connectivity index (χ2n) is 7.60. The van der Waals surface area contributed by atoms with Crippen LogP contribution in [0.1, 0.15) is 39.2 Å². The van der Waals surface area contributed by atoms with E-state index in [1.165, 1.54) is 0 Å². The molecule has 0 unspecified atom stereocenters. The standard InChI is InChI=1S/C20H31N3O3S/c1-14-13-20(2,3)22-19(27)23(14)11-9-18(24)21-10-8-15-6-7-16(25-4)17(12-15)26-5/h6-7,12,14H,8-11,13H2,1-5H3,(H,21,24)(H,22,27)/t14-/m1/s1. The molecular formula is C20H31N3O3S. The van der Waals surface area contributed by atoms with Crippen LogP contribution in [-0.4, -0.2) is 54.8 Å². The smallest absolute Gasteiger partial charge is 0.221 e. The van der Waals surface area contributed by atoms with Crippen molar-refractivity contribution < 1.29 is 14.3 Å². The van der Waals surface area contributed by atoms with Gasteiger partial charge in [0.05, 0.1) is 14.2 Å². The van der Waals surface area contributed by atoms with Crippen LogP contribution in [-0.2, 0) is 11.2 Å². The Morgan fingerprint density at radius 1 is 1.33 bits per heavy atom. The maximum atomic E-state index is 12.2. The minimum Gasteiger partial charge on any atom is -0.493 e. The molecule has 27 heavy (non-hydrogen) atoms. The molecule has 2 rings (SSSR count).